The van der Waals surface area contributed by atoms with Gasteiger partial charge in [-0.25, -0.2) is 0 Å². The number of benzene rings is 2. The number of amides is 1. The molecule has 0 bridgehead atoms. The van der Waals surface area contributed by atoms with Crippen molar-refractivity contribution in [3.8, 4) is 6.07 Å². The molecule has 0 fully saturated rings. The van der Waals surface area contributed by atoms with Crippen LogP contribution in [-0.4, -0.2) is 19.0 Å². The summed E-state index contributed by atoms with van der Waals surface area (Å²) < 4.78 is 0. The van der Waals surface area contributed by atoms with Gasteiger partial charge in [-0.2, -0.15) is 5.26 Å². The van der Waals surface area contributed by atoms with Gasteiger partial charge in [-0.1, -0.05) is 30.3 Å². The lowest BCUT2D eigenvalue weighted by atomic mass is 10.1. The van der Waals surface area contributed by atoms with Crippen LogP contribution in [-0.2, 0) is 11.3 Å². The molecule has 1 N–H and O–H groups in total. The average molecular weight is 293 g/mol. The molecule has 1 amide bonds. The highest BCUT2D eigenvalue weighted by Gasteiger charge is 2.09. The molecule has 0 spiro atoms. The Morgan fingerprint density at radius 1 is 1.18 bits per heavy atom. The molecule has 0 atom stereocenters. The summed E-state index contributed by atoms with van der Waals surface area (Å²) in [6.45, 7) is 3.54. The molecule has 0 aliphatic heterocycles. The van der Waals surface area contributed by atoms with Gasteiger partial charge >= 0.3 is 0 Å². The van der Waals surface area contributed by atoms with E-state index < -0.39 is 0 Å². The first-order valence-corrected chi connectivity index (χ1v) is 7.28. The van der Waals surface area contributed by atoms with Gasteiger partial charge in [-0.15, -0.1) is 0 Å². The van der Waals surface area contributed by atoms with Gasteiger partial charge < -0.3 is 10.2 Å². The van der Waals surface area contributed by atoms with Crippen molar-refractivity contribution >= 4 is 11.6 Å². The van der Waals surface area contributed by atoms with Crippen LogP contribution in [0.1, 0.15) is 18.1 Å². The van der Waals surface area contributed by atoms with Crippen molar-refractivity contribution in [3.63, 3.8) is 0 Å². The van der Waals surface area contributed by atoms with Gasteiger partial charge in [0.25, 0.3) is 0 Å². The Labute approximate surface area is 131 Å². The number of likely N-dealkylation sites (N-methyl/N-ethyl adjacent to an activating group) is 1. The highest BCUT2D eigenvalue weighted by Crippen LogP contribution is 2.12. The van der Waals surface area contributed by atoms with Crippen LogP contribution < -0.4 is 10.2 Å². The van der Waals surface area contributed by atoms with Crippen molar-refractivity contribution < 1.29 is 4.79 Å². The second-order valence-electron chi connectivity index (χ2n) is 4.94. The van der Waals surface area contributed by atoms with E-state index in [0.717, 1.165) is 17.8 Å². The minimum absolute atomic E-state index is 0.0342. The summed E-state index contributed by atoms with van der Waals surface area (Å²) in [5, 5.41) is 11.8. The molecule has 2 rings (SSSR count). The lowest BCUT2D eigenvalue weighted by Crippen LogP contribution is -2.36. The molecular formula is C18H19N3O. The van der Waals surface area contributed by atoms with Crippen molar-refractivity contribution in [2.24, 2.45) is 0 Å². The number of nitriles is 1. The van der Waals surface area contributed by atoms with E-state index in [4.69, 9.17) is 5.26 Å². The molecule has 0 saturated carbocycles. The SMILES string of the molecule is CCN(CC(=O)NCc1cccc(C#N)c1)c1ccccc1. The third kappa shape index (κ3) is 4.35. The van der Waals surface area contributed by atoms with E-state index in [9.17, 15) is 4.79 Å². The average Bonchev–Trinajstić information content (AvgIpc) is 2.58. The molecule has 2 aromatic carbocycles. The molecule has 0 aliphatic carbocycles. The van der Waals surface area contributed by atoms with Gasteiger partial charge in [-0.3, -0.25) is 4.79 Å². The molecule has 0 unspecified atom stereocenters. The molecule has 112 valence electrons. The molecule has 0 aliphatic rings. The number of hydrogen-bond donors (Lipinski definition) is 1. The fraction of sp³-hybridized carbons (Fsp3) is 0.222. The first kappa shape index (κ1) is 15.6. The summed E-state index contributed by atoms with van der Waals surface area (Å²) in [4.78, 5) is 14.1. The molecule has 0 saturated heterocycles. The predicted octanol–water partition coefficient (Wildman–Crippen LogP) is 2.70. The predicted molar refractivity (Wildman–Crippen MR) is 87.3 cm³/mol. The third-order valence-corrected chi connectivity index (χ3v) is 3.38. The second kappa shape index (κ2) is 7.84. The second-order valence-corrected chi connectivity index (χ2v) is 4.94. The Morgan fingerprint density at radius 3 is 2.64 bits per heavy atom. The van der Waals surface area contributed by atoms with Gasteiger partial charge in [0.2, 0.25) is 5.91 Å². The fourth-order valence-corrected chi connectivity index (χ4v) is 2.21. The fourth-order valence-electron chi connectivity index (χ4n) is 2.21. The maximum atomic E-state index is 12.1. The van der Waals surface area contributed by atoms with Crippen LogP contribution in [0.25, 0.3) is 0 Å². The molecule has 0 heterocycles. The number of rotatable bonds is 6. The van der Waals surface area contributed by atoms with Gasteiger partial charge in [0.05, 0.1) is 18.2 Å². The number of carbonyl (C=O) groups is 1. The summed E-state index contributed by atoms with van der Waals surface area (Å²) in [7, 11) is 0. The van der Waals surface area contributed by atoms with Crippen LogP contribution in [0, 0.1) is 11.3 Å². The number of nitrogens with zero attached hydrogens (tertiary/aromatic N) is 2. The summed E-state index contributed by atoms with van der Waals surface area (Å²) in [6, 6.07) is 19.2. The van der Waals surface area contributed by atoms with Gasteiger partial charge in [0.15, 0.2) is 0 Å². The molecule has 2 aromatic rings. The molecule has 4 heteroatoms. The summed E-state index contributed by atoms with van der Waals surface area (Å²) in [5.41, 5.74) is 2.56. The quantitative estimate of drug-likeness (QED) is 0.891. The van der Waals surface area contributed by atoms with E-state index in [2.05, 4.69) is 11.4 Å². The van der Waals surface area contributed by atoms with E-state index >= 15 is 0 Å². The van der Waals surface area contributed by atoms with Crippen molar-refractivity contribution in [3.05, 3.63) is 65.7 Å². The lowest BCUT2D eigenvalue weighted by Gasteiger charge is -2.22. The van der Waals surface area contributed by atoms with E-state index in [1.54, 1.807) is 12.1 Å². The van der Waals surface area contributed by atoms with Crippen molar-refractivity contribution in [2.45, 2.75) is 13.5 Å². The smallest absolute Gasteiger partial charge is 0.239 e. The first-order chi connectivity index (χ1) is 10.7. The number of carbonyl (C=O) groups excluding carboxylic acids is 1. The van der Waals surface area contributed by atoms with Crippen LogP contribution in [0.5, 0.6) is 0 Å². The monoisotopic (exact) mass is 293 g/mol. The largest absolute Gasteiger partial charge is 0.363 e. The minimum atomic E-state index is -0.0342. The topological polar surface area (TPSA) is 56.1 Å². The molecule has 4 nitrogen and oxygen atoms in total. The molecular weight excluding hydrogens is 274 g/mol. The number of anilines is 1. The molecule has 0 radical (unpaired) electrons. The van der Waals surface area contributed by atoms with E-state index in [1.807, 2.05) is 54.3 Å². The zero-order valence-electron chi connectivity index (χ0n) is 12.6. The normalized spacial score (nSPS) is 9.82. The zero-order valence-corrected chi connectivity index (χ0v) is 12.6. The highest BCUT2D eigenvalue weighted by atomic mass is 16.2. The summed E-state index contributed by atoms with van der Waals surface area (Å²) in [6.07, 6.45) is 0. The van der Waals surface area contributed by atoms with E-state index in [-0.39, 0.29) is 5.91 Å². The van der Waals surface area contributed by atoms with Crippen LogP contribution in [0.4, 0.5) is 5.69 Å². The van der Waals surface area contributed by atoms with Crippen LogP contribution in [0.2, 0.25) is 0 Å². The maximum Gasteiger partial charge on any atom is 0.239 e. The van der Waals surface area contributed by atoms with E-state index in [0.29, 0.717) is 18.7 Å². The maximum absolute atomic E-state index is 12.1. The summed E-state index contributed by atoms with van der Waals surface area (Å²) in [5.74, 6) is -0.0342. The number of nitrogens with one attached hydrogen (secondary N) is 1. The Balaban J connectivity index is 1.91. The van der Waals surface area contributed by atoms with Gasteiger partial charge in [-0.05, 0) is 36.8 Å². The zero-order chi connectivity index (χ0) is 15.8. The standard InChI is InChI=1S/C18H19N3O/c1-2-21(17-9-4-3-5-10-17)14-18(22)20-13-16-8-6-7-15(11-16)12-19/h3-11H,2,13-14H2,1H3,(H,20,22). The molecule has 0 aromatic heterocycles. The lowest BCUT2D eigenvalue weighted by molar-refractivity contribution is -0.119. The third-order valence-electron chi connectivity index (χ3n) is 3.38. The van der Waals surface area contributed by atoms with Gasteiger partial charge in [0.1, 0.15) is 0 Å². The number of para-hydroxylation sites is 1. The highest BCUT2D eigenvalue weighted by molar-refractivity contribution is 5.81. The van der Waals surface area contributed by atoms with Crippen LogP contribution in [0.15, 0.2) is 54.6 Å². The van der Waals surface area contributed by atoms with Crippen LogP contribution >= 0.6 is 0 Å². The first-order valence-electron chi connectivity index (χ1n) is 7.28. The van der Waals surface area contributed by atoms with Crippen LogP contribution in [0.3, 0.4) is 0 Å². The Kier molecular flexibility index (Phi) is 5.56. The summed E-state index contributed by atoms with van der Waals surface area (Å²) >= 11 is 0. The minimum Gasteiger partial charge on any atom is -0.363 e. The van der Waals surface area contributed by atoms with E-state index in [1.165, 1.54) is 0 Å². The molecule has 22 heavy (non-hydrogen) atoms. The Bertz CT molecular complexity index is 662. The van der Waals surface area contributed by atoms with Crippen molar-refractivity contribution in [1.82, 2.24) is 5.32 Å². The Hall–Kier alpha value is -2.80. The van der Waals surface area contributed by atoms with Crippen molar-refractivity contribution in [2.75, 3.05) is 18.0 Å². The van der Waals surface area contributed by atoms with Crippen molar-refractivity contribution in [1.29, 1.82) is 5.26 Å². The Morgan fingerprint density at radius 2 is 1.95 bits per heavy atom. The number of hydrogen-bond acceptors (Lipinski definition) is 3. The van der Waals surface area contributed by atoms with Gasteiger partial charge in [0, 0.05) is 18.8 Å².